The van der Waals surface area contributed by atoms with Crippen LogP contribution < -0.4 is 0 Å². The summed E-state index contributed by atoms with van der Waals surface area (Å²) in [6.07, 6.45) is -6.45. The summed E-state index contributed by atoms with van der Waals surface area (Å²) in [7, 11) is -10.5. The van der Waals surface area contributed by atoms with Crippen LogP contribution in [0.2, 0.25) is 0 Å². The van der Waals surface area contributed by atoms with E-state index in [4.69, 9.17) is 27.8 Å². The van der Waals surface area contributed by atoms with Gasteiger partial charge in [-0.05, 0) is 6.42 Å². The maximum absolute atomic E-state index is 12.2. The van der Waals surface area contributed by atoms with Gasteiger partial charge >= 0.3 is 23.5 Å². The largest absolute Gasteiger partial charge is 0.472 e. The number of unbranched alkanes of at least 4 members (excludes halogenated alkanes) is 1. The zero-order valence-corrected chi connectivity index (χ0v) is 21.0. The minimum atomic E-state index is -4.80. The molecule has 8 atom stereocenters. The average molecular weight is 532 g/mol. The molecule has 32 heavy (non-hydrogen) atoms. The molecule has 15 nitrogen and oxygen atoms in total. The van der Waals surface area contributed by atoms with Gasteiger partial charge in [0.25, 0.3) is 0 Å². The SMILES string of the molecule is CCCCOC[C@H]1O[C@H](OC)[C@H](OP(=O)(O)OC)[C@@H](OP(=O)(O)OC)[C@@H]1OP(=O)(O)OC. The summed E-state index contributed by atoms with van der Waals surface area (Å²) in [5.41, 5.74) is 0. The zero-order chi connectivity index (χ0) is 24.6. The molecule has 1 saturated heterocycles. The van der Waals surface area contributed by atoms with Gasteiger partial charge in [0, 0.05) is 35.0 Å². The molecule has 0 bridgehead atoms. The second-order valence-corrected chi connectivity index (χ2v) is 10.9. The van der Waals surface area contributed by atoms with Crippen molar-refractivity contribution < 1.29 is 69.7 Å². The Morgan fingerprint density at radius 3 is 1.69 bits per heavy atom. The summed E-state index contributed by atoms with van der Waals surface area (Å²) < 4.78 is 81.0. The van der Waals surface area contributed by atoms with Gasteiger partial charge in [-0.1, -0.05) is 13.3 Å². The first-order chi connectivity index (χ1) is 14.8. The number of hydrogen-bond acceptors (Lipinski definition) is 12. The van der Waals surface area contributed by atoms with Crippen molar-refractivity contribution in [2.24, 2.45) is 0 Å². The van der Waals surface area contributed by atoms with Crippen molar-refractivity contribution in [2.75, 3.05) is 41.7 Å². The molecule has 0 spiro atoms. The standard InChI is InChI=1S/C14H31O15P3/c1-6-7-8-25-9-10-11(27-30(15,16)22-3)12(28-31(17,18)23-4)13(14(21-2)26-10)29-32(19,20)24-5/h10-14H,6-9H2,1-5H3,(H,15,16)(H,17,18)(H,19,20)/t10-,11-,12+,13-,14+/m1/s1. The zero-order valence-electron chi connectivity index (χ0n) is 18.3. The molecule has 3 unspecified atom stereocenters. The van der Waals surface area contributed by atoms with E-state index >= 15 is 0 Å². The molecular formula is C14H31O15P3. The van der Waals surface area contributed by atoms with E-state index in [1.54, 1.807) is 0 Å². The fraction of sp³-hybridized carbons (Fsp3) is 1.00. The number of phosphoric acid groups is 3. The number of ether oxygens (including phenoxy) is 3. The van der Waals surface area contributed by atoms with Gasteiger partial charge in [-0.3, -0.25) is 27.1 Å². The molecule has 0 aromatic carbocycles. The third kappa shape index (κ3) is 9.46. The van der Waals surface area contributed by atoms with Crippen molar-refractivity contribution >= 4 is 23.5 Å². The van der Waals surface area contributed by atoms with Gasteiger partial charge in [0.1, 0.15) is 24.4 Å². The predicted octanol–water partition coefficient (Wildman–Crippen LogP) is 1.57. The van der Waals surface area contributed by atoms with Gasteiger partial charge in [-0.15, -0.1) is 0 Å². The summed E-state index contributed by atoms with van der Waals surface area (Å²) in [6.45, 7) is 2.01. The molecule has 0 radical (unpaired) electrons. The van der Waals surface area contributed by atoms with Crippen LogP contribution in [0.1, 0.15) is 19.8 Å². The van der Waals surface area contributed by atoms with Crippen LogP contribution in [0.3, 0.4) is 0 Å². The van der Waals surface area contributed by atoms with Gasteiger partial charge in [0.2, 0.25) is 0 Å². The van der Waals surface area contributed by atoms with E-state index in [1.807, 2.05) is 6.92 Å². The number of hydrogen-bond donors (Lipinski definition) is 3. The predicted molar refractivity (Wildman–Crippen MR) is 107 cm³/mol. The van der Waals surface area contributed by atoms with Crippen LogP contribution in [0, 0.1) is 0 Å². The van der Waals surface area contributed by atoms with E-state index in [-0.39, 0.29) is 6.61 Å². The van der Waals surface area contributed by atoms with E-state index in [2.05, 4.69) is 13.6 Å². The van der Waals surface area contributed by atoms with Gasteiger partial charge in [-0.25, -0.2) is 13.7 Å². The maximum atomic E-state index is 12.2. The Labute approximate surface area is 186 Å². The highest BCUT2D eigenvalue weighted by molar-refractivity contribution is 7.48. The van der Waals surface area contributed by atoms with Crippen molar-refractivity contribution in [3.05, 3.63) is 0 Å². The highest BCUT2D eigenvalue weighted by atomic mass is 31.2. The molecule has 18 heteroatoms. The Hall–Kier alpha value is 0.210. The summed E-state index contributed by atoms with van der Waals surface area (Å²) in [4.78, 5) is 29.5. The minimum Gasteiger partial charge on any atom is -0.379 e. The van der Waals surface area contributed by atoms with E-state index in [9.17, 15) is 28.4 Å². The van der Waals surface area contributed by atoms with Gasteiger partial charge in [0.15, 0.2) is 6.29 Å². The van der Waals surface area contributed by atoms with Gasteiger partial charge in [-0.2, -0.15) is 0 Å². The fourth-order valence-corrected chi connectivity index (χ4v) is 4.49. The van der Waals surface area contributed by atoms with Crippen molar-refractivity contribution in [3.63, 3.8) is 0 Å². The lowest BCUT2D eigenvalue weighted by Crippen LogP contribution is -2.61. The molecular weight excluding hydrogens is 501 g/mol. The fourth-order valence-electron chi connectivity index (χ4n) is 2.60. The van der Waals surface area contributed by atoms with Crippen LogP contribution in [-0.2, 0) is 55.0 Å². The Morgan fingerprint density at radius 2 is 1.25 bits per heavy atom. The Morgan fingerprint density at radius 1 is 0.781 bits per heavy atom. The first-order valence-electron chi connectivity index (χ1n) is 9.32. The monoisotopic (exact) mass is 532 g/mol. The molecule has 3 N–H and O–H groups in total. The van der Waals surface area contributed by atoms with Crippen LogP contribution in [0.5, 0.6) is 0 Å². The van der Waals surface area contributed by atoms with Crippen LogP contribution in [0.25, 0.3) is 0 Å². The molecule has 1 heterocycles. The normalized spacial score (nSPS) is 32.1. The second kappa shape index (κ2) is 13.3. The number of phosphoric ester groups is 3. The molecule has 0 saturated carbocycles. The third-order valence-electron chi connectivity index (χ3n) is 4.20. The highest BCUT2D eigenvalue weighted by Gasteiger charge is 2.55. The van der Waals surface area contributed by atoms with Crippen molar-refractivity contribution in [1.82, 2.24) is 0 Å². The molecule has 0 aromatic heterocycles. The van der Waals surface area contributed by atoms with E-state index in [1.165, 1.54) is 0 Å². The number of methoxy groups -OCH3 is 1. The van der Waals surface area contributed by atoms with E-state index in [0.29, 0.717) is 13.0 Å². The summed E-state index contributed by atoms with van der Waals surface area (Å²) >= 11 is 0. The van der Waals surface area contributed by atoms with Crippen LogP contribution in [0.15, 0.2) is 0 Å². The molecule has 0 aromatic rings. The number of rotatable bonds is 15. The maximum Gasteiger partial charge on any atom is 0.472 e. The van der Waals surface area contributed by atoms with Crippen LogP contribution in [-0.4, -0.2) is 87.0 Å². The molecule has 0 aliphatic carbocycles. The molecule has 1 fully saturated rings. The smallest absolute Gasteiger partial charge is 0.379 e. The molecule has 192 valence electrons. The Kier molecular flexibility index (Phi) is 12.6. The topological polar surface area (TPSA) is 195 Å². The second-order valence-electron chi connectivity index (χ2n) is 6.37. The van der Waals surface area contributed by atoms with Crippen molar-refractivity contribution in [2.45, 2.75) is 50.5 Å². The van der Waals surface area contributed by atoms with E-state index in [0.717, 1.165) is 34.9 Å². The molecule has 1 aliphatic heterocycles. The van der Waals surface area contributed by atoms with Crippen LogP contribution >= 0.6 is 23.5 Å². The first kappa shape index (κ1) is 30.2. The summed E-state index contributed by atoms with van der Waals surface area (Å²) in [5, 5.41) is 0. The Bertz CT molecular complexity index is 705. The van der Waals surface area contributed by atoms with Crippen molar-refractivity contribution in [3.8, 4) is 0 Å². The molecule has 1 aliphatic rings. The summed E-state index contributed by atoms with van der Waals surface area (Å²) in [5.74, 6) is 0. The summed E-state index contributed by atoms with van der Waals surface area (Å²) in [6, 6.07) is 0. The van der Waals surface area contributed by atoms with Crippen LogP contribution in [0.4, 0.5) is 0 Å². The van der Waals surface area contributed by atoms with Gasteiger partial charge in [0.05, 0.1) is 6.61 Å². The van der Waals surface area contributed by atoms with Gasteiger partial charge < -0.3 is 28.9 Å². The van der Waals surface area contributed by atoms with Crippen molar-refractivity contribution in [1.29, 1.82) is 0 Å². The quantitative estimate of drug-likeness (QED) is 0.203. The molecule has 1 rings (SSSR count). The minimum absolute atomic E-state index is 0.232. The van der Waals surface area contributed by atoms with E-state index < -0.39 is 54.2 Å². The highest BCUT2D eigenvalue weighted by Crippen LogP contribution is 2.53. The first-order valence-corrected chi connectivity index (χ1v) is 13.8. The lowest BCUT2D eigenvalue weighted by atomic mass is 9.99. The average Bonchev–Trinajstić information content (AvgIpc) is 2.74. The molecule has 0 amide bonds. The Balaban J connectivity index is 3.41. The lowest BCUT2D eigenvalue weighted by Gasteiger charge is -2.45. The third-order valence-corrected chi connectivity index (χ3v) is 7.12. The lowest BCUT2D eigenvalue weighted by molar-refractivity contribution is -0.287.